The van der Waals surface area contributed by atoms with E-state index in [0.717, 1.165) is 16.8 Å². The molecule has 0 fully saturated rings. The summed E-state index contributed by atoms with van der Waals surface area (Å²) >= 11 is 0. The summed E-state index contributed by atoms with van der Waals surface area (Å²) in [6.45, 7) is 3.35. The highest BCUT2D eigenvalue weighted by atomic mass is 32.2. The maximum Gasteiger partial charge on any atom is 0.312 e. The van der Waals surface area contributed by atoms with E-state index in [-0.39, 0.29) is 23.7 Å². The topological polar surface area (TPSA) is 119 Å². The van der Waals surface area contributed by atoms with E-state index in [2.05, 4.69) is 5.32 Å². The van der Waals surface area contributed by atoms with Crippen molar-refractivity contribution in [2.24, 2.45) is 0 Å². The average molecular weight is 458 g/mol. The Bertz CT molecular complexity index is 1250. The predicted molar refractivity (Wildman–Crippen MR) is 121 cm³/mol. The summed E-state index contributed by atoms with van der Waals surface area (Å²) in [6.07, 6.45) is 0. The van der Waals surface area contributed by atoms with Crippen LogP contribution in [-0.2, 0) is 14.8 Å². The van der Waals surface area contributed by atoms with Gasteiger partial charge in [0.1, 0.15) is 0 Å². The summed E-state index contributed by atoms with van der Waals surface area (Å²) in [5, 5.41) is 16.0. The van der Waals surface area contributed by atoms with E-state index >= 15 is 0 Å². The molecule has 0 saturated heterocycles. The fraction of sp³-hybridized carbons (Fsp3) is 0.227. The molecule has 0 aliphatic rings. The van der Waals surface area contributed by atoms with Gasteiger partial charge in [-0.1, -0.05) is 50.2 Å². The van der Waals surface area contributed by atoms with Crippen LogP contribution in [0.15, 0.2) is 65.6 Å². The van der Waals surface area contributed by atoms with E-state index in [9.17, 15) is 23.3 Å². The molecule has 0 saturated carbocycles. The first kappa shape index (κ1) is 23.2. The Balaban J connectivity index is 1.78. The number of ether oxygens (including phenoxy) is 1. The van der Waals surface area contributed by atoms with Crippen molar-refractivity contribution in [1.29, 1.82) is 0 Å². The maximum atomic E-state index is 12.7. The minimum atomic E-state index is -3.87. The molecule has 0 spiro atoms. The fourth-order valence-electron chi connectivity index (χ4n) is 3.30. The van der Waals surface area contributed by atoms with Crippen molar-refractivity contribution >= 4 is 38.1 Å². The summed E-state index contributed by atoms with van der Waals surface area (Å²) in [4.78, 5) is 23.0. The molecule has 9 nitrogen and oxygen atoms in total. The van der Waals surface area contributed by atoms with E-state index in [1.54, 1.807) is 26.0 Å². The van der Waals surface area contributed by atoms with Crippen molar-refractivity contribution in [2.75, 3.05) is 25.0 Å². The third-order valence-electron chi connectivity index (χ3n) is 4.89. The lowest BCUT2D eigenvalue weighted by atomic mass is 10.1. The SMILES string of the molecule is CCN(CC)S(=O)(=O)c1ccc(OCC(=O)Nc2cccc3ccccc23)c([N+](=O)[O-])c1. The van der Waals surface area contributed by atoms with Gasteiger partial charge in [0.2, 0.25) is 10.0 Å². The molecule has 3 aromatic carbocycles. The number of rotatable bonds is 9. The number of hydrogen-bond acceptors (Lipinski definition) is 6. The highest BCUT2D eigenvalue weighted by Gasteiger charge is 2.26. The lowest BCUT2D eigenvalue weighted by Crippen LogP contribution is -2.30. The number of carbonyl (C=O) groups is 1. The summed E-state index contributed by atoms with van der Waals surface area (Å²) < 4.78 is 31.9. The molecule has 0 unspecified atom stereocenters. The van der Waals surface area contributed by atoms with E-state index < -0.39 is 33.1 Å². The molecular weight excluding hydrogens is 434 g/mol. The molecule has 3 aromatic rings. The number of sulfonamides is 1. The summed E-state index contributed by atoms with van der Waals surface area (Å²) in [7, 11) is -3.87. The third-order valence-corrected chi connectivity index (χ3v) is 6.94. The Labute approximate surface area is 185 Å². The number of nitro groups is 1. The van der Waals surface area contributed by atoms with Crippen LogP contribution in [0.3, 0.4) is 0 Å². The molecule has 0 aliphatic carbocycles. The second-order valence-electron chi connectivity index (χ2n) is 6.84. The van der Waals surface area contributed by atoms with Crippen LogP contribution in [0.5, 0.6) is 5.75 Å². The molecule has 0 atom stereocenters. The molecule has 1 amide bonds. The molecule has 1 N–H and O–H groups in total. The number of carbonyl (C=O) groups excluding carboxylic acids is 1. The van der Waals surface area contributed by atoms with Gasteiger partial charge in [0.15, 0.2) is 12.4 Å². The van der Waals surface area contributed by atoms with Crippen LogP contribution in [0.1, 0.15) is 13.8 Å². The first-order chi connectivity index (χ1) is 15.3. The molecule has 3 rings (SSSR count). The largest absolute Gasteiger partial charge is 0.477 e. The quantitative estimate of drug-likeness (QED) is 0.386. The van der Waals surface area contributed by atoms with Crippen molar-refractivity contribution in [3.05, 3.63) is 70.8 Å². The summed E-state index contributed by atoms with van der Waals surface area (Å²) in [5.74, 6) is -0.697. The maximum absolute atomic E-state index is 12.7. The minimum Gasteiger partial charge on any atom is -0.477 e. The van der Waals surface area contributed by atoms with Crippen LogP contribution >= 0.6 is 0 Å². The molecule has 0 bridgehead atoms. The van der Waals surface area contributed by atoms with Gasteiger partial charge in [-0.05, 0) is 23.6 Å². The molecule has 168 valence electrons. The Hall–Kier alpha value is -3.50. The monoisotopic (exact) mass is 457 g/mol. The van der Waals surface area contributed by atoms with Crippen LogP contribution in [0.4, 0.5) is 11.4 Å². The molecular formula is C22H23N3O6S. The fourth-order valence-corrected chi connectivity index (χ4v) is 4.78. The first-order valence-electron chi connectivity index (χ1n) is 9.97. The van der Waals surface area contributed by atoms with Crippen LogP contribution < -0.4 is 10.1 Å². The lowest BCUT2D eigenvalue weighted by molar-refractivity contribution is -0.386. The van der Waals surface area contributed by atoms with Crippen LogP contribution in [-0.4, -0.2) is 43.2 Å². The number of nitrogens with zero attached hydrogens (tertiary/aromatic N) is 2. The van der Waals surface area contributed by atoms with E-state index in [0.29, 0.717) is 5.69 Å². The number of nitrogens with one attached hydrogen (secondary N) is 1. The van der Waals surface area contributed by atoms with Gasteiger partial charge in [-0.25, -0.2) is 8.42 Å². The van der Waals surface area contributed by atoms with Crippen LogP contribution in [0.2, 0.25) is 0 Å². The Morgan fingerprint density at radius 1 is 1.06 bits per heavy atom. The zero-order valence-corrected chi connectivity index (χ0v) is 18.5. The van der Waals surface area contributed by atoms with Crippen molar-refractivity contribution in [3.63, 3.8) is 0 Å². The highest BCUT2D eigenvalue weighted by Crippen LogP contribution is 2.31. The molecule has 32 heavy (non-hydrogen) atoms. The van der Waals surface area contributed by atoms with Crippen LogP contribution in [0, 0.1) is 10.1 Å². The standard InChI is InChI=1S/C22H23N3O6S/c1-3-24(4-2)32(29,30)17-12-13-21(20(14-17)25(27)28)31-15-22(26)23-19-11-7-9-16-8-5-6-10-18(16)19/h5-14H,3-4,15H2,1-2H3,(H,23,26). The Morgan fingerprint density at radius 2 is 1.75 bits per heavy atom. The van der Waals surface area contributed by atoms with E-state index in [1.165, 1.54) is 16.4 Å². The van der Waals surface area contributed by atoms with Gasteiger partial charge < -0.3 is 10.1 Å². The number of amides is 1. The van der Waals surface area contributed by atoms with Gasteiger partial charge in [0.25, 0.3) is 5.91 Å². The van der Waals surface area contributed by atoms with Gasteiger partial charge >= 0.3 is 5.69 Å². The minimum absolute atomic E-state index is 0.193. The number of hydrogen-bond donors (Lipinski definition) is 1. The van der Waals surface area contributed by atoms with Gasteiger partial charge in [-0.15, -0.1) is 0 Å². The van der Waals surface area contributed by atoms with Gasteiger partial charge in [-0.2, -0.15) is 4.31 Å². The van der Waals surface area contributed by atoms with E-state index in [1.807, 2.05) is 30.3 Å². The predicted octanol–water partition coefficient (Wildman–Crippen LogP) is 3.80. The van der Waals surface area contributed by atoms with Crippen molar-refractivity contribution in [3.8, 4) is 5.75 Å². The normalized spacial score (nSPS) is 11.5. The second-order valence-corrected chi connectivity index (χ2v) is 8.78. The number of benzene rings is 3. The van der Waals surface area contributed by atoms with Crippen molar-refractivity contribution < 1.29 is 22.9 Å². The Kier molecular flexibility index (Phi) is 7.06. The molecule has 0 aromatic heterocycles. The number of fused-ring (bicyclic) bond motifs is 1. The third kappa shape index (κ3) is 4.87. The zero-order chi connectivity index (χ0) is 23.3. The van der Waals surface area contributed by atoms with Crippen LogP contribution in [0.25, 0.3) is 10.8 Å². The molecule has 0 aliphatic heterocycles. The molecule has 10 heteroatoms. The first-order valence-corrected chi connectivity index (χ1v) is 11.4. The molecule has 0 heterocycles. The number of anilines is 1. The summed E-state index contributed by atoms with van der Waals surface area (Å²) in [6, 6.07) is 16.4. The molecule has 0 radical (unpaired) electrons. The van der Waals surface area contributed by atoms with Crippen molar-refractivity contribution in [1.82, 2.24) is 4.31 Å². The summed E-state index contributed by atoms with van der Waals surface area (Å²) in [5.41, 5.74) is 0.0584. The second kappa shape index (κ2) is 9.75. The van der Waals surface area contributed by atoms with Gasteiger partial charge in [-0.3, -0.25) is 14.9 Å². The Morgan fingerprint density at radius 3 is 2.44 bits per heavy atom. The zero-order valence-electron chi connectivity index (χ0n) is 17.6. The highest BCUT2D eigenvalue weighted by molar-refractivity contribution is 7.89. The van der Waals surface area contributed by atoms with Crippen molar-refractivity contribution in [2.45, 2.75) is 18.7 Å². The average Bonchev–Trinajstić information content (AvgIpc) is 2.78. The lowest BCUT2D eigenvalue weighted by Gasteiger charge is -2.18. The number of nitro benzene ring substituents is 1. The van der Waals surface area contributed by atoms with Gasteiger partial charge in [0.05, 0.1) is 9.82 Å². The van der Waals surface area contributed by atoms with Gasteiger partial charge in [0, 0.05) is 30.2 Å². The smallest absolute Gasteiger partial charge is 0.312 e. The van der Waals surface area contributed by atoms with E-state index in [4.69, 9.17) is 4.74 Å².